The smallest absolute Gasteiger partial charge is 0.255 e. The molecule has 0 bridgehead atoms. The largest absolute Gasteiger partial charge is 0.508 e. The minimum absolute atomic E-state index is 0.00393. The third-order valence-corrected chi connectivity index (χ3v) is 7.28. The molecule has 1 aromatic rings. The lowest BCUT2D eigenvalue weighted by Crippen LogP contribution is -2.65. The van der Waals surface area contributed by atoms with E-state index in [-0.39, 0.29) is 29.7 Å². The Hall–Kier alpha value is -3.77. The maximum atomic E-state index is 13.8. The summed E-state index contributed by atoms with van der Waals surface area (Å²) in [5.41, 5.74) is 9.71. The summed E-state index contributed by atoms with van der Waals surface area (Å²) in [6.45, 7) is 0. The number of likely N-dealkylation sites (N-methyl/N-ethyl adjacent to an activating group) is 1. The van der Waals surface area contributed by atoms with E-state index in [9.17, 15) is 34.8 Å². The molecule has 0 heterocycles. The molecule has 1 aromatic carbocycles. The van der Waals surface area contributed by atoms with Crippen molar-refractivity contribution < 1.29 is 34.8 Å². The molecule has 3 aliphatic rings. The quantitative estimate of drug-likeness (QED) is 0.262. The molecule has 186 valence electrons. The summed E-state index contributed by atoms with van der Waals surface area (Å²) >= 11 is 0. The molecular formula is C23H27N5O7. The Morgan fingerprint density at radius 2 is 1.83 bits per heavy atom. The number of hydrogen-bond acceptors (Lipinski definition) is 11. The third kappa shape index (κ3) is 3.09. The third-order valence-electron chi connectivity index (χ3n) is 7.28. The number of fused-ring (bicyclic) bond motifs is 3. The van der Waals surface area contributed by atoms with Gasteiger partial charge >= 0.3 is 0 Å². The van der Waals surface area contributed by atoms with Crippen molar-refractivity contribution in [1.82, 2.24) is 4.90 Å². The van der Waals surface area contributed by atoms with Crippen molar-refractivity contribution in [2.75, 3.05) is 33.1 Å². The van der Waals surface area contributed by atoms with Crippen molar-refractivity contribution in [1.29, 1.82) is 5.53 Å². The summed E-state index contributed by atoms with van der Waals surface area (Å²) in [6.07, 6.45) is 0.165. The zero-order valence-corrected chi connectivity index (χ0v) is 19.7. The number of Topliss-reactive ketones (excluding diaryl/α,β-unsaturated/α-hetero) is 2. The van der Waals surface area contributed by atoms with Crippen LogP contribution >= 0.6 is 0 Å². The Kier molecular flexibility index (Phi) is 5.49. The van der Waals surface area contributed by atoms with Crippen LogP contribution in [0.4, 0.5) is 11.4 Å². The number of carbonyl (C=O) groups is 3. The van der Waals surface area contributed by atoms with E-state index < -0.39 is 63.8 Å². The van der Waals surface area contributed by atoms with Gasteiger partial charge in [0.2, 0.25) is 5.78 Å². The Morgan fingerprint density at radius 1 is 1.20 bits per heavy atom. The number of nitrogens with zero attached hydrogens (tertiary/aromatic N) is 3. The molecule has 12 heteroatoms. The molecule has 12 nitrogen and oxygen atoms in total. The van der Waals surface area contributed by atoms with Crippen LogP contribution in [0, 0.1) is 17.4 Å². The molecule has 1 fully saturated rings. The van der Waals surface area contributed by atoms with Crippen LogP contribution in [-0.2, 0) is 20.8 Å². The van der Waals surface area contributed by atoms with Gasteiger partial charge in [-0.15, -0.1) is 0 Å². The van der Waals surface area contributed by atoms with E-state index in [1.54, 1.807) is 33.1 Å². The second kappa shape index (κ2) is 7.89. The lowest BCUT2D eigenvalue weighted by molar-refractivity contribution is -0.153. The van der Waals surface area contributed by atoms with Crippen LogP contribution < -0.4 is 10.6 Å². The van der Waals surface area contributed by atoms with E-state index in [0.29, 0.717) is 11.3 Å². The second-order valence-corrected chi connectivity index (χ2v) is 9.58. The minimum atomic E-state index is -2.69. The first-order valence-corrected chi connectivity index (χ1v) is 10.9. The van der Waals surface area contributed by atoms with Gasteiger partial charge in [0.1, 0.15) is 22.8 Å². The van der Waals surface area contributed by atoms with Crippen molar-refractivity contribution in [2.24, 2.45) is 22.7 Å². The second-order valence-electron chi connectivity index (χ2n) is 9.58. The number of aliphatic hydroxyl groups excluding tert-OH is 2. The predicted octanol–water partition coefficient (Wildman–Crippen LogP) is 0.692. The Balaban J connectivity index is 2.02. The molecule has 0 radical (unpaired) electrons. The normalized spacial score (nSPS) is 28.0. The summed E-state index contributed by atoms with van der Waals surface area (Å²) in [6, 6.07) is 0.347. The van der Waals surface area contributed by atoms with Gasteiger partial charge in [0.15, 0.2) is 17.1 Å². The Morgan fingerprint density at radius 3 is 2.34 bits per heavy atom. The molecule has 4 atom stereocenters. The fourth-order valence-corrected chi connectivity index (χ4v) is 5.76. The predicted molar refractivity (Wildman–Crippen MR) is 123 cm³/mol. The molecule has 3 aliphatic carbocycles. The van der Waals surface area contributed by atoms with Crippen molar-refractivity contribution in [3.05, 3.63) is 34.1 Å². The van der Waals surface area contributed by atoms with Crippen LogP contribution in [0.5, 0.6) is 5.75 Å². The fraction of sp³-hybridized carbons (Fsp3) is 0.435. The van der Waals surface area contributed by atoms with Crippen molar-refractivity contribution >= 4 is 34.6 Å². The summed E-state index contributed by atoms with van der Waals surface area (Å²) in [4.78, 5) is 42.0. The molecule has 1 amide bonds. The highest BCUT2D eigenvalue weighted by Crippen LogP contribution is 2.54. The first kappa shape index (κ1) is 24.4. The van der Waals surface area contributed by atoms with Crippen LogP contribution in [0.2, 0.25) is 0 Å². The molecule has 1 saturated carbocycles. The highest BCUT2D eigenvalue weighted by molar-refractivity contribution is 6.24. The van der Waals surface area contributed by atoms with Crippen LogP contribution in [0.3, 0.4) is 0 Å². The van der Waals surface area contributed by atoms with Gasteiger partial charge in [0, 0.05) is 31.3 Å². The fourth-order valence-electron chi connectivity index (χ4n) is 5.76. The standard InChI is InChI=1S/C23H27N5O7/c1-27(2)12-7-11(26-25)17(29)14-9(12)5-8-6-10-16(28(3)4)19(31)15(22(24)34)21(33)23(10,35)20(32)13(8)18(14)30/h7-8,10,16,25,29-30,33,35H,5-6H2,1-4H3,(H2,24,34)/t8?,10?,16-,23-/m0/s1. The first-order valence-electron chi connectivity index (χ1n) is 10.9. The van der Waals surface area contributed by atoms with Crippen molar-refractivity contribution in [2.45, 2.75) is 24.5 Å². The Bertz CT molecular complexity index is 1270. The number of aliphatic hydroxyl groups is 3. The number of nitrogens with one attached hydrogen (secondary N) is 1. The number of nitrogens with two attached hydrogens (primary N) is 1. The first-order chi connectivity index (χ1) is 16.3. The lowest BCUT2D eigenvalue weighted by atomic mass is 9.57. The number of hydrogen-bond donors (Lipinski definition) is 6. The lowest BCUT2D eigenvalue weighted by Gasteiger charge is -2.50. The molecule has 0 aliphatic heterocycles. The number of amides is 1. The number of carbonyl (C=O) groups excluding carboxylic acids is 3. The zero-order chi connectivity index (χ0) is 26.1. The van der Waals surface area contributed by atoms with Crippen molar-refractivity contribution in [3.63, 3.8) is 0 Å². The summed E-state index contributed by atoms with van der Waals surface area (Å²) < 4.78 is 0. The number of phenols is 1. The number of benzene rings is 1. The molecule has 0 saturated heterocycles. The van der Waals surface area contributed by atoms with E-state index in [4.69, 9.17) is 11.3 Å². The number of anilines is 1. The summed E-state index contributed by atoms with van der Waals surface area (Å²) in [5.74, 6) is -7.25. The van der Waals surface area contributed by atoms with Crippen LogP contribution in [0.25, 0.3) is 5.76 Å². The SMILES string of the molecule is CN(C)c1cc(N=N)c(O)c2c1CC1CC3[C@H](N(C)C)C(=O)C(C(N)=O)=C(O)[C@@]3(O)C(=O)C1=C2O. The van der Waals surface area contributed by atoms with E-state index >= 15 is 0 Å². The van der Waals surface area contributed by atoms with Gasteiger partial charge < -0.3 is 31.1 Å². The minimum Gasteiger partial charge on any atom is -0.508 e. The number of aromatic hydroxyl groups is 1. The number of phenolic OH excluding ortho intramolecular Hbond substituents is 1. The van der Waals surface area contributed by atoms with Gasteiger partial charge in [-0.05, 0) is 44.5 Å². The van der Waals surface area contributed by atoms with Crippen molar-refractivity contribution in [3.8, 4) is 5.75 Å². The maximum absolute atomic E-state index is 13.8. The zero-order valence-electron chi connectivity index (χ0n) is 19.7. The number of ketones is 2. The maximum Gasteiger partial charge on any atom is 0.255 e. The summed E-state index contributed by atoms with van der Waals surface area (Å²) in [5, 5.41) is 47.7. The molecule has 7 N–H and O–H groups in total. The van der Waals surface area contributed by atoms with Gasteiger partial charge in [0.05, 0.1) is 11.6 Å². The Labute approximate surface area is 200 Å². The van der Waals surface area contributed by atoms with Gasteiger partial charge in [-0.3, -0.25) is 19.3 Å². The van der Waals surface area contributed by atoms with E-state index in [1.165, 1.54) is 11.0 Å². The number of rotatable bonds is 4. The van der Waals surface area contributed by atoms with Crippen LogP contribution in [0.1, 0.15) is 17.5 Å². The highest BCUT2D eigenvalue weighted by Gasteiger charge is 2.64. The monoisotopic (exact) mass is 485 g/mol. The van der Waals surface area contributed by atoms with Gasteiger partial charge in [-0.25, -0.2) is 5.53 Å². The van der Waals surface area contributed by atoms with Gasteiger partial charge in [-0.1, -0.05) is 0 Å². The average molecular weight is 485 g/mol. The number of primary amides is 1. The van der Waals surface area contributed by atoms with Crippen LogP contribution in [0.15, 0.2) is 28.1 Å². The molecule has 4 rings (SSSR count). The highest BCUT2D eigenvalue weighted by atomic mass is 16.3. The van der Waals surface area contributed by atoms with E-state index in [1.807, 2.05) is 0 Å². The van der Waals surface area contributed by atoms with Gasteiger partial charge in [0.25, 0.3) is 5.91 Å². The van der Waals surface area contributed by atoms with Crippen LogP contribution in [-0.4, -0.2) is 82.6 Å². The molecule has 0 spiro atoms. The van der Waals surface area contributed by atoms with E-state index in [2.05, 4.69) is 5.11 Å². The topological polar surface area (TPSA) is 201 Å². The average Bonchev–Trinajstić information content (AvgIpc) is 2.75. The molecule has 35 heavy (non-hydrogen) atoms. The van der Waals surface area contributed by atoms with Gasteiger partial charge in [-0.2, -0.15) is 5.11 Å². The summed E-state index contributed by atoms with van der Waals surface area (Å²) in [7, 11) is 6.55. The molecular weight excluding hydrogens is 458 g/mol. The molecule has 2 unspecified atom stereocenters. The van der Waals surface area contributed by atoms with E-state index in [0.717, 1.165) is 0 Å². The molecule has 0 aromatic heterocycles.